The molecule has 1 aliphatic rings. The Morgan fingerprint density at radius 3 is 2.95 bits per heavy atom. The molecule has 1 saturated heterocycles. The number of aliphatic carboxylic acids is 1. The highest BCUT2D eigenvalue weighted by Crippen LogP contribution is 2.11. The highest BCUT2D eigenvalue weighted by molar-refractivity contribution is 5.78. The molecular formula is C15H19NO4. The molecule has 0 spiro atoms. The van der Waals surface area contributed by atoms with E-state index in [1.54, 1.807) is 4.90 Å². The molecule has 1 aromatic rings. The van der Waals surface area contributed by atoms with Crippen molar-refractivity contribution in [3.8, 4) is 0 Å². The van der Waals surface area contributed by atoms with E-state index in [4.69, 9.17) is 9.84 Å². The normalized spacial score (nSPS) is 18.9. The zero-order chi connectivity index (χ0) is 14.5. The maximum atomic E-state index is 12.1. The first-order valence-corrected chi connectivity index (χ1v) is 6.74. The van der Waals surface area contributed by atoms with Gasteiger partial charge in [0, 0.05) is 13.0 Å². The fourth-order valence-corrected chi connectivity index (χ4v) is 2.30. The summed E-state index contributed by atoms with van der Waals surface area (Å²) in [5, 5.41) is 8.91. The Bertz CT molecular complexity index is 500. The third kappa shape index (κ3) is 3.81. The molecular weight excluding hydrogens is 258 g/mol. The number of nitrogens with zero attached hydrogens (tertiary/aromatic N) is 1. The maximum Gasteiger partial charge on any atom is 0.334 e. The van der Waals surface area contributed by atoms with Gasteiger partial charge in [0.2, 0.25) is 5.91 Å². The Morgan fingerprint density at radius 1 is 1.45 bits per heavy atom. The Morgan fingerprint density at radius 2 is 2.25 bits per heavy atom. The number of morpholine rings is 1. The third-order valence-electron chi connectivity index (χ3n) is 3.40. The molecule has 1 amide bonds. The van der Waals surface area contributed by atoms with E-state index in [0.717, 1.165) is 5.56 Å². The quantitative estimate of drug-likeness (QED) is 0.899. The van der Waals surface area contributed by atoms with Crippen molar-refractivity contribution in [2.24, 2.45) is 0 Å². The van der Waals surface area contributed by atoms with Crippen molar-refractivity contribution >= 4 is 11.9 Å². The van der Waals surface area contributed by atoms with E-state index in [1.807, 2.05) is 25.1 Å². The predicted molar refractivity (Wildman–Crippen MR) is 73.5 cm³/mol. The van der Waals surface area contributed by atoms with Gasteiger partial charge in [0.1, 0.15) is 0 Å². The minimum Gasteiger partial charge on any atom is -0.479 e. The van der Waals surface area contributed by atoms with Crippen molar-refractivity contribution in [3.05, 3.63) is 35.4 Å². The minimum atomic E-state index is -1.01. The molecule has 0 aliphatic carbocycles. The van der Waals surface area contributed by atoms with Gasteiger partial charge in [-0.15, -0.1) is 0 Å². The van der Waals surface area contributed by atoms with E-state index in [0.29, 0.717) is 19.4 Å². The minimum absolute atomic E-state index is 0.0129. The fourth-order valence-electron chi connectivity index (χ4n) is 2.30. The number of carboxylic acid groups (broad SMARTS) is 1. The number of carbonyl (C=O) groups is 2. The highest BCUT2D eigenvalue weighted by Gasteiger charge is 2.28. The SMILES string of the molecule is Cc1cccc(CCC(=O)N2CCOC(C(=O)O)C2)c1. The summed E-state index contributed by atoms with van der Waals surface area (Å²) in [6.07, 6.45) is 0.178. The first kappa shape index (κ1) is 14.5. The van der Waals surface area contributed by atoms with Crippen molar-refractivity contribution in [1.29, 1.82) is 0 Å². The molecule has 1 aliphatic heterocycles. The number of rotatable bonds is 4. The summed E-state index contributed by atoms with van der Waals surface area (Å²) in [5.41, 5.74) is 2.30. The number of hydrogen-bond acceptors (Lipinski definition) is 3. The number of hydrogen-bond donors (Lipinski definition) is 1. The maximum absolute atomic E-state index is 12.1. The third-order valence-corrected chi connectivity index (χ3v) is 3.40. The molecule has 1 heterocycles. The van der Waals surface area contributed by atoms with Crippen LogP contribution in [-0.2, 0) is 20.7 Å². The first-order chi connectivity index (χ1) is 9.56. The molecule has 20 heavy (non-hydrogen) atoms. The van der Waals surface area contributed by atoms with Gasteiger partial charge >= 0.3 is 5.97 Å². The van der Waals surface area contributed by atoms with Crippen LogP contribution in [0.15, 0.2) is 24.3 Å². The summed E-state index contributed by atoms with van der Waals surface area (Å²) in [6, 6.07) is 8.06. The lowest BCUT2D eigenvalue weighted by molar-refractivity contribution is -0.159. The summed E-state index contributed by atoms with van der Waals surface area (Å²) in [7, 11) is 0. The standard InChI is InChI=1S/C15H19NO4/c1-11-3-2-4-12(9-11)5-6-14(17)16-7-8-20-13(10-16)15(18)19/h2-4,9,13H,5-8,10H2,1H3,(H,18,19). The molecule has 0 bridgehead atoms. The molecule has 0 saturated carbocycles. The topological polar surface area (TPSA) is 66.8 Å². The number of aryl methyl sites for hydroxylation is 2. The van der Waals surface area contributed by atoms with Crippen LogP contribution in [0.4, 0.5) is 0 Å². The number of benzene rings is 1. The smallest absolute Gasteiger partial charge is 0.334 e. The fraction of sp³-hybridized carbons (Fsp3) is 0.467. The van der Waals surface area contributed by atoms with E-state index in [-0.39, 0.29) is 19.1 Å². The van der Waals surface area contributed by atoms with E-state index in [2.05, 4.69) is 6.07 Å². The van der Waals surface area contributed by atoms with Crippen molar-refractivity contribution < 1.29 is 19.4 Å². The van der Waals surface area contributed by atoms with Crippen molar-refractivity contribution in [2.45, 2.75) is 25.9 Å². The van der Waals surface area contributed by atoms with Crippen LogP contribution in [-0.4, -0.2) is 47.7 Å². The summed E-state index contributed by atoms with van der Waals surface area (Å²) in [6.45, 7) is 2.91. The highest BCUT2D eigenvalue weighted by atomic mass is 16.5. The lowest BCUT2D eigenvalue weighted by Crippen LogP contribution is -2.48. The lowest BCUT2D eigenvalue weighted by Gasteiger charge is -2.31. The first-order valence-electron chi connectivity index (χ1n) is 6.74. The van der Waals surface area contributed by atoms with Gasteiger partial charge in [-0.1, -0.05) is 29.8 Å². The number of amides is 1. The molecule has 1 aromatic carbocycles. The van der Waals surface area contributed by atoms with Crippen LogP contribution in [0.3, 0.4) is 0 Å². The van der Waals surface area contributed by atoms with Gasteiger partial charge in [-0.05, 0) is 18.9 Å². The lowest BCUT2D eigenvalue weighted by atomic mass is 10.1. The number of ether oxygens (including phenoxy) is 1. The van der Waals surface area contributed by atoms with Crippen LogP contribution in [0, 0.1) is 6.92 Å². The Hall–Kier alpha value is -1.88. The van der Waals surface area contributed by atoms with Crippen molar-refractivity contribution in [2.75, 3.05) is 19.7 Å². The van der Waals surface area contributed by atoms with Crippen molar-refractivity contribution in [1.82, 2.24) is 4.90 Å². The van der Waals surface area contributed by atoms with Crippen LogP contribution in [0.2, 0.25) is 0 Å². The summed E-state index contributed by atoms with van der Waals surface area (Å²) in [5.74, 6) is -1.03. The average molecular weight is 277 g/mol. The zero-order valence-electron chi connectivity index (χ0n) is 11.5. The molecule has 0 radical (unpaired) electrons. The second-order valence-corrected chi connectivity index (χ2v) is 5.03. The molecule has 1 fully saturated rings. The molecule has 5 heteroatoms. The van der Waals surface area contributed by atoms with Gasteiger partial charge in [0.15, 0.2) is 6.10 Å². The van der Waals surface area contributed by atoms with E-state index >= 15 is 0 Å². The molecule has 108 valence electrons. The molecule has 2 rings (SSSR count). The summed E-state index contributed by atoms with van der Waals surface area (Å²) < 4.78 is 5.10. The van der Waals surface area contributed by atoms with Crippen LogP contribution < -0.4 is 0 Å². The van der Waals surface area contributed by atoms with Crippen LogP contribution in [0.5, 0.6) is 0 Å². The Kier molecular flexibility index (Phi) is 4.74. The Labute approximate surface area is 118 Å². The van der Waals surface area contributed by atoms with Gasteiger partial charge in [0.25, 0.3) is 0 Å². The van der Waals surface area contributed by atoms with Crippen molar-refractivity contribution in [3.63, 3.8) is 0 Å². The van der Waals surface area contributed by atoms with Gasteiger partial charge < -0.3 is 14.7 Å². The molecule has 0 aromatic heterocycles. The summed E-state index contributed by atoms with van der Waals surface area (Å²) >= 11 is 0. The summed E-state index contributed by atoms with van der Waals surface area (Å²) in [4.78, 5) is 24.6. The van der Waals surface area contributed by atoms with Gasteiger partial charge in [-0.3, -0.25) is 4.79 Å². The largest absolute Gasteiger partial charge is 0.479 e. The monoisotopic (exact) mass is 277 g/mol. The number of carboxylic acids is 1. The van der Waals surface area contributed by atoms with Crippen LogP contribution in [0.1, 0.15) is 17.5 Å². The molecule has 1 N–H and O–H groups in total. The zero-order valence-corrected chi connectivity index (χ0v) is 11.5. The van der Waals surface area contributed by atoms with Gasteiger partial charge in [0.05, 0.1) is 13.2 Å². The Balaban J connectivity index is 1.87. The van der Waals surface area contributed by atoms with Gasteiger partial charge in [-0.2, -0.15) is 0 Å². The van der Waals surface area contributed by atoms with Gasteiger partial charge in [-0.25, -0.2) is 4.79 Å². The average Bonchev–Trinajstić information content (AvgIpc) is 2.45. The second kappa shape index (κ2) is 6.52. The van der Waals surface area contributed by atoms with E-state index in [9.17, 15) is 9.59 Å². The van der Waals surface area contributed by atoms with E-state index < -0.39 is 12.1 Å². The van der Waals surface area contributed by atoms with Crippen LogP contribution in [0.25, 0.3) is 0 Å². The van der Waals surface area contributed by atoms with E-state index in [1.165, 1.54) is 5.56 Å². The number of carbonyl (C=O) groups excluding carboxylic acids is 1. The molecule has 1 atom stereocenters. The molecule has 5 nitrogen and oxygen atoms in total. The predicted octanol–water partition coefficient (Wildman–Crippen LogP) is 1.24. The second-order valence-electron chi connectivity index (χ2n) is 5.03. The van der Waals surface area contributed by atoms with Crippen LogP contribution >= 0.6 is 0 Å². The molecule has 1 unspecified atom stereocenters.